The van der Waals surface area contributed by atoms with E-state index in [1.807, 2.05) is 0 Å². The Bertz CT molecular complexity index is 501. The van der Waals surface area contributed by atoms with E-state index in [0.717, 1.165) is 0 Å². The van der Waals surface area contributed by atoms with Crippen LogP contribution in [0, 0.1) is 0 Å². The predicted molar refractivity (Wildman–Crippen MR) is 75.0 cm³/mol. The minimum atomic E-state index is -6.56. The third-order valence-electron chi connectivity index (χ3n) is 2.70. The fraction of sp³-hybridized carbons (Fsp3) is 0.857. The van der Waals surface area contributed by atoms with E-state index in [4.69, 9.17) is 0 Å². The van der Waals surface area contributed by atoms with Crippen molar-refractivity contribution >= 4 is 12.1 Å². The third kappa shape index (κ3) is 6.87. The van der Waals surface area contributed by atoms with E-state index in [1.165, 1.54) is 27.7 Å². The summed E-state index contributed by atoms with van der Waals surface area (Å²) in [6, 6.07) is -2.47. The summed E-state index contributed by atoms with van der Waals surface area (Å²) >= 11 is 0. The zero-order valence-electron chi connectivity index (χ0n) is 14.5. The molecule has 0 fully saturated rings. The van der Waals surface area contributed by atoms with Gasteiger partial charge in [-0.2, -0.15) is 30.7 Å². The summed E-state index contributed by atoms with van der Waals surface area (Å²) in [6.45, 7) is 5.35. The Morgan fingerprint density at radius 3 is 1.88 bits per heavy atom. The predicted octanol–water partition coefficient (Wildman–Crippen LogP) is 4.06. The average molecular weight is 399 g/mol. The number of carbonyl (C=O) groups excluding carboxylic acids is 2. The van der Waals surface area contributed by atoms with Crippen LogP contribution in [0.2, 0.25) is 0 Å². The first kappa shape index (κ1) is 24.2. The molecule has 5 nitrogen and oxygen atoms in total. The molecule has 12 heteroatoms. The minimum absolute atomic E-state index is 0.222. The molecule has 0 radical (unpaired) electrons. The van der Waals surface area contributed by atoms with E-state index in [0.29, 0.717) is 0 Å². The summed E-state index contributed by atoms with van der Waals surface area (Å²) in [5.41, 5.74) is -1.14. The van der Waals surface area contributed by atoms with Gasteiger partial charge in [-0.25, -0.2) is 9.59 Å². The van der Waals surface area contributed by atoms with Crippen molar-refractivity contribution in [1.82, 2.24) is 5.32 Å². The maximum Gasteiger partial charge on any atom is 0.459 e. The Labute approximate surface area is 145 Å². The van der Waals surface area contributed by atoms with Crippen molar-refractivity contribution in [1.29, 1.82) is 0 Å². The zero-order valence-corrected chi connectivity index (χ0v) is 14.5. The molecule has 154 valence electrons. The van der Waals surface area contributed by atoms with Gasteiger partial charge < -0.3 is 14.8 Å². The largest absolute Gasteiger partial charge is 0.464 e. The molecule has 0 heterocycles. The molecule has 0 saturated carbocycles. The second-order valence-electron chi connectivity index (χ2n) is 6.35. The second-order valence-corrected chi connectivity index (χ2v) is 6.35. The molecule has 0 aromatic carbocycles. The Morgan fingerprint density at radius 2 is 1.50 bits per heavy atom. The monoisotopic (exact) mass is 399 g/mol. The normalized spacial score (nSPS) is 14.6. The topological polar surface area (TPSA) is 64.6 Å². The van der Waals surface area contributed by atoms with Crippen LogP contribution < -0.4 is 5.32 Å². The molecular formula is C14H20F7NO4. The number of hydrogen-bond acceptors (Lipinski definition) is 4. The average Bonchev–Trinajstić information content (AvgIpc) is 2.40. The van der Waals surface area contributed by atoms with Gasteiger partial charge in [-0.3, -0.25) is 0 Å². The Morgan fingerprint density at radius 1 is 1.00 bits per heavy atom. The molecule has 0 spiro atoms. The standard InChI is InChI=1S/C14H20F7NO4/c1-5-6-25-9(23)8(22-10(24)26-11(2,3)4)7-12(15,16)13(17,18)14(19,20)21/h8H,5-7H2,1-4H3,(H,22,24). The number of carbonyl (C=O) groups is 2. The van der Waals surface area contributed by atoms with E-state index >= 15 is 0 Å². The van der Waals surface area contributed by atoms with E-state index in [1.54, 1.807) is 5.32 Å². The van der Waals surface area contributed by atoms with Gasteiger partial charge in [-0.1, -0.05) is 6.92 Å². The highest BCUT2D eigenvalue weighted by molar-refractivity contribution is 5.81. The molecule has 0 aliphatic rings. The summed E-state index contributed by atoms with van der Waals surface area (Å²) in [6.07, 6.45) is -10.1. The Balaban J connectivity index is 5.47. The number of ether oxygens (including phenoxy) is 2. The third-order valence-corrected chi connectivity index (χ3v) is 2.70. The lowest BCUT2D eigenvalue weighted by atomic mass is 10.0. The lowest BCUT2D eigenvalue weighted by Gasteiger charge is -2.30. The zero-order chi connectivity index (χ0) is 21.0. The molecular weight excluding hydrogens is 379 g/mol. The molecule has 0 rings (SSSR count). The van der Waals surface area contributed by atoms with Crippen LogP contribution in [0.15, 0.2) is 0 Å². The molecule has 0 aliphatic heterocycles. The summed E-state index contributed by atoms with van der Waals surface area (Å²) in [5, 5.41) is 1.55. The van der Waals surface area contributed by atoms with Gasteiger partial charge in [-0.05, 0) is 27.2 Å². The van der Waals surface area contributed by atoms with Crippen LogP contribution in [0.25, 0.3) is 0 Å². The summed E-state index contributed by atoms with van der Waals surface area (Å²) < 4.78 is 98.9. The first-order valence-corrected chi connectivity index (χ1v) is 7.43. The maximum absolute atomic E-state index is 13.5. The number of alkyl carbamates (subject to hydrolysis) is 1. The van der Waals surface area contributed by atoms with Crippen LogP contribution in [0.1, 0.15) is 40.5 Å². The molecule has 0 aromatic rings. The molecule has 0 saturated heterocycles. The van der Waals surface area contributed by atoms with Crippen molar-refractivity contribution < 1.29 is 49.8 Å². The highest BCUT2D eigenvalue weighted by Crippen LogP contribution is 2.48. The molecule has 0 bridgehead atoms. The van der Waals surface area contributed by atoms with E-state index in [-0.39, 0.29) is 13.0 Å². The highest BCUT2D eigenvalue weighted by Gasteiger charge is 2.73. The summed E-state index contributed by atoms with van der Waals surface area (Å²) in [4.78, 5) is 23.3. The number of halogens is 7. The lowest BCUT2D eigenvalue weighted by Crippen LogP contribution is -2.56. The first-order chi connectivity index (χ1) is 11.4. The number of esters is 1. The van der Waals surface area contributed by atoms with Crippen molar-refractivity contribution in [3.8, 4) is 0 Å². The highest BCUT2D eigenvalue weighted by atomic mass is 19.4. The van der Waals surface area contributed by atoms with Gasteiger partial charge in [0.15, 0.2) is 0 Å². The number of amides is 1. The van der Waals surface area contributed by atoms with E-state index in [9.17, 15) is 40.3 Å². The van der Waals surface area contributed by atoms with Gasteiger partial charge in [0, 0.05) is 6.42 Å². The van der Waals surface area contributed by atoms with Crippen LogP contribution in [-0.2, 0) is 14.3 Å². The van der Waals surface area contributed by atoms with Crippen LogP contribution in [0.3, 0.4) is 0 Å². The molecule has 1 N–H and O–H groups in total. The minimum Gasteiger partial charge on any atom is -0.464 e. The van der Waals surface area contributed by atoms with Crippen molar-refractivity contribution in [2.45, 2.75) is 70.2 Å². The van der Waals surface area contributed by atoms with Gasteiger partial charge in [0.2, 0.25) is 0 Å². The smallest absolute Gasteiger partial charge is 0.459 e. The van der Waals surface area contributed by atoms with E-state index in [2.05, 4.69) is 9.47 Å². The van der Waals surface area contributed by atoms with Crippen molar-refractivity contribution in [2.24, 2.45) is 0 Å². The van der Waals surface area contributed by atoms with Crippen LogP contribution in [0.5, 0.6) is 0 Å². The second kappa shape index (κ2) is 8.30. The van der Waals surface area contributed by atoms with Gasteiger partial charge in [0.05, 0.1) is 6.61 Å². The molecule has 1 atom stereocenters. The molecule has 0 aromatic heterocycles. The van der Waals surface area contributed by atoms with Crippen molar-refractivity contribution in [2.75, 3.05) is 6.61 Å². The van der Waals surface area contributed by atoms with Crippen molar-refractivity contribution in [3.05, 3.63) is 0 Å². The molecule has 1 amide bonds. The SMILES string of the molecule is CCCOC(=O)C(CC(F)(F)C(F)(F)C(F)(F)F)NC(=O)OC(C)(C)C. The Hall–Kier alpha value is -1.75. The van der Waals surface area contributed by atoms with Gasteiger partial charge in [0.1, 0.15) is 11.6 Å². The first-order valence-electron chi connectivity index (χ1n) is 7.43. The molecule has 0 aliphatic carbocycles. The van der Waals surface area contributed by atoms with Crippen LogP contribution in [-0.4, -0.2) is 48.3 Å². The number of alkyl halides is 7. The fourth-order valence-electron chi connectivity index (χ4n) is 1.54. The maximum atomic E-state index is 13.5. The number of rotatable bonds is 7. The number of hydrogen-bond donors (Lipinski definition) is 1. The van der Waals surface area contributed by atoms with Crippen LogP contribution >= 0.6 is 0 Å². The fourth-order valence-corrected chi connectivity index (χ4v) is 1.54. The van der Waals surface area contributed by atoms with Crippen LogP contribution in [0.4, 0.5) is 35.5 Å². The molecule has 1 unspecified atom stereocenters. The summed E-state index contributed by atoms with van der Waals surface area (Å²) in [5.74, 6) is -13.7. The van der Waals surface area contributed by atoms with Gasteiger partial charge in [-0.15, -0.1) is 0 Å². The van der Waals surface area contributed by atoms with Gasteiger partial charge >= 0.3 is 30.1 Å². The summed E-state index contributed by atoms with van der Waals surface area (Å²) in [7, 11) is 0. The quantitative estimate of drug-likeness (QED) is 0.518. The van der Waals surface area contributed by atoms with Gasteiger partial charge in [0.25, 0.3) is 0 Å². The van der Waals surface area contributed by atoms with Crippen molar-refractivity contribution in [3.63, 3.8) is 0 Å². The Kier molecular flexibility index (Phi) is 7.74. The molecule has 26 heavy (non-hydrogen) atoms. The lowest BCUT2D eigenvalue weighted by molar-refractivity contribution is -0.356. The van der Waals surface area contributed by atoms with E-state index < -0.39 is 48.1 Å². The number of nitrogens with one attached hydrogen (secondary N) is 1.